The van der Waals surface area contributed by atoms with Crippen LogP contribution in [-0.2, 0) is 0 Å². The van der Waals surface area contributed by atoms with Crippen LogP contribution >= 0.6 is 15.9 Å². The van der Waals surface area contributed by atoms with Crippen LogP contribution in [0.4, 0.5) is 5.82 Å². The lowest BCUT2D eigenvalue weighted by atomic mass is 10.2. The second-order valence-electron chi connectivity index (χ2n) is 6.11. The highest BCUT2D eigenvalue weighted by molar-refractivity contribution is 9.10. The molecule has 26 heavy (non-hydrogen) atoms. The second-order valence-corrected chi connectivity index (χ2v) is 7.03. The summed E-state index contributed by atoms with van der Waals surface area (Å²) in [5.74, 6) is 1.81. The van der Waals surface area contributed by atoms with E-state index in [1.54, 1.807) is 6.33 Å². The van der Waals surface area contributed by atoms with Crippen molar-refractivity contribution in [2.24, 2.45) is 0 Å². The molecule has 0 aliphatic carbocycles. The van der Waals surface area contributed by atoms with Gasteiger partial charge in [0, 0.05) is 54.7 Å². The Hall–Kier alpha value is -2.67. The number of rotatable bonds is 3. The molecule has 132 valence electrons. The lowest BCUT2D eigenvalue weighted by molar-refractivity contribution is 0.0746. The molecule has 0 unspecified atom stereocenters. The van der Waals surface area contributed by atoms with Crippen LogP contribution in [0.25, 0.3) is 5.82 Å². The number of hydrogen-bond donors (Lipinski definition) is 0. The molecule has 0 radical (unpaired) electrons. The molecule has 6 nitrogen and oxygen atoms in total. The minimum atomic E-state index is 0.0767. The maximum atomic E-state index is 12.6. The van der Waals surface area contributed by atoms with Gasteiger partial charge in [0.15, 0.2) is 0 Å². The minimum Gasteiger partial charge on any atom is -0.353 e. The zero-order valence-electron chi connectivity index (χ0n) is 14.1. The SMILES string of the molecule is O=C(c1ccc(Br)cc1)N1CCN(c2cc(-n3cccc3)ncn2)CC1. The maximum Gasteiger partial charge on any atom is 0.253 e. The molecule has 0 atom stereocenters. The van der Waals surface area contributed by atoms with Crippen molar-refractivity contribution in [2.45, 2.75) is 0 Å². The molecule has 1 aromatic carbocycles. The van der Waals surface area contributed by atoms with Gasteiger partial charge in [-0.2, -0.15) is 0 Å². The van der Waals surface area contributed by atoms with Gasteiger partial charge in [-0.3, -0.25) is 4.79 Å². The standard InChI is InChI=1S/C19H18BrN5O/c20-16-5-3-15(4-6-16)19(26)25-11-9-24(10-12-25)18-13-17(21-14-22-18)23-7-1-2-8-23/h1-8,13-14H,9-12H2. The third-order valence-corrected chi connectivity index (χ3v) is 5.02. The topological polar surface area (TPSA) is 54.3 Å². The van der Waals surface area contributed by atoms with Gasteiger partial charge < -0.3 is 14.4 Å². The van der Waals surface area contributed by atoms with E-state index in [1.165, 1.54) is 0 Å². The molecule has 0 N–H and O–H groups in total. The average Bonchev–Trinajstić information content (AvgIpc) is 3.23. The van der Waals surface area contributed by atoms with Crippen molar-refractivity contribution in [1.82, 2.24) is 19.4 Å². The Labute approximate surface area is 160 Å². The van der Waals surface area contributed by atoms with E-state index in [0.29, 0.717) is 13.1 Å². The van der Waals surface area contributed by atoms with E-state index in [1.807, 2.05) is 64.3 Å². The number of hydrogen-bond acceptors (Lipinski definition) is 4. The minimum absolute atomic E-state index is 0.0767. The molecule has 1 aliphatic rings. The van der Waals surface area contributed by atoms with Crippen molar-refractivity contribution in [3.63, 3.8) is 0 Å². The zero-order chi connectivity index (χ0) is 17.9. The van der Waals surface area contributed by atoms with E-state index in [2.05, 4.69) is 30.8 Å². The van der Waals surface area contributed by atoms with E-state index in [9.17, 15) is 4.79 Å². The van der Waals surface area contributed by atoms with Crippen molar-refractivity contribution in [1.29, 1.82) is 0 Å². The number of aromatic nitrogens is 3. The fourth-order valence-corrected chi connectivity index (χ4v) is 3.32. The third kappa shape index (κ3) is 3.48. The molecule has 0 bridgehead atoms. The summed E-state index contributed by atoms with van der Waals surface area (Å²) in [6.45, 7) is 2.87. The number of anilines is 1. The number of benzene rings is 1. The van der Waals surface area contributed by atoms with Gasteiger partial charge in [-0.25, -0.2) is 9.97 Å². The molecule has 1 saturated heterocycles. The molecule has 1 fully saturated rings. The molecular formula is C19H18BrN5O. The van der Waals surface area contributed by atoms with Crippen LogP contribution in [0.1, 0.15) is 10.4 Å². The fraction of sp³-hybridized carbons (Fsp3) is 0.211. The lowest BCUT2D eigenvalue weighted by Gasteiger charge is -2.35. The van der Waals surface area contributed by atoms with Gasteiger partial charge in [0.05, 0.1) is 0 Å². The molecule has 2 aromatic heterocycles. The Balaban J connectivity index is 1.43. The van der Waals surface area contributed by atoms with E-state index in [0.717, 1.165) is 34.8 Å². The molecule has 4 rings (SSSR count). The highest BCUT2D eigenvalue weighted by Crippen LogP contribution is 2.18. The molecule has 7 heteroatoms. The van der Waals surface area contributed by atoms with Crippen molar-refractivity contribution in [3.05, 3.63) is 71.2 Å². The summed E-state index contributed by atoms with van der Waals surface area (Å²) in [4.78, 5) is 25.4. The molecular weight excluding hydrogens is 394 g/mol. The van der Waals surface area contributed by atoms with Gasteiger partial charge in [0.1, 0.15) is 18.0 Å². The second kappa shape index (κ2) is 7.29. The van der Waals surface area contributed by atoms with E-state index in [4.69, 9.17) is 0 Å². The summed E-state index contributed by atoms with van der Waals surface area (Å²) in [6, 6.07) is 13.4. The summed E-state index contributed by atoms with van der Waals surface area (Å²) in [7, 11) is 0. The molecule has 3 heterocycles. The lowest BCUT2D eigenvalue weighted by Crippen LogP contribution is -2.49. The Morgan fingerprint density at radius 1 is 0.923 bits per heavy atom. The molecule has 0 saturated carbocycles. The van der Waals surface area contributed by atoms with Crippen LogP contribution in [0, 0.1) is 0 Å². The monoisotopic (exact) mass is 411 g/mol. The number of carbonyl (C=O) groups excluding carboxylic acids is 1. The fourth-order valence-electron chi connectivity index (χ4n) is 3.05. The van der Waals surface area contributed by atoms with Crippen molar-refractivity contribution >= 4 is 27.7 Å². The number of piperazine rings is 1. The summed E-state index contributed by atoms with van der Waals surface area (Å²) in [5, 5.41) is 0. The van der Waals surface area contributed by atoms with Crippen molar-refractivity contribution < 1.29 is 4.79 Å². The summed E-state index contributed by atoms with van der Waals surface area (Å²) in [5.41, 5.74) is 0.721. The Kier molecular flexibility index (Phi) is 4.71. The average molecular weight is 412 g/mol. The first-order valence-corrected chi connectivity index (χ1v) is 9.25. The van der Waals surface area contributed by atoms with Crippen LogP contribution in [-0.4, -0.2) is 51.5 Å². The predicted octanol–water partition coefficient (Wildman–Crippen LogP) is 2.99. The highest BCUT2D eigenvalue weighted by Gasteiger charge is 2.23. The van der Waals surface area contributed by atoms with Crippen LogP contribution < -0.4 is 4.90 Å². The van der Waals surface area contributed by atoms with E-state index < -0.39 is 0 Å². The first kappa shape index (κ1) is 16.8. The van der Waals surface area contributed by atoms with E-state index in [-0.39, 0.29) is 5.91 Å². The largest absolute Gasteiger partial charge is 0.353 e. The summed E-state index contributed by atoms with van der Waals surface area (Å²) in [6.07, 6.45) is 5.51. The van der Waals surface area contributed by atoms with Gasteiger partial charge in [0.25, 0.3) is 5.91 Å². The van der Waals surface area contributed by atoms with Crippen LogP contribution in [0.2, 0.25) is 0 Å². The van der Waals surface area contributed by atoms with Gasteiger partial charge in [-0.05, 0) is 36.4 Å². The number of carbonyl (C=O) groups is 1. The number of amides is 1. The van der Waals surface area contributed by atoms with Crippen LogP contribution in [0.3, 0.4) is 0 Å². The summed E-state index contributed by atoms with van der Waals surface area (Å²) >= 11 is 3.40. The summed E-state index contributed by atoms with van der Waals surface area (Å²) < 4.78 is 2.93. The number of halogens is 1. The Morgan fingerprint density at radius 3 is 2.27 bits per heavy atom. The third-order valence-electron chi connectivity index (χ3n) is 4.49. The molecule has 1 aliphatic heterocycles. The number of nitrogens with zero attached hydrogens (tertiary/aromatic N) is 5. The molecule has 1 amide bonds. The van der Waals surface area contributed by atoms with Gasteiger partial charge >= 0.3 is 0 Å². The van der Waals surface area contributed by atoms with Gasteiger partial charge in [-0.1, -0.05) is 15.9 Å². The smallest absolute Gasteiger partial charge is 0.253 e. The van der Waals surface area contributed by atoms with E-state index >= 15 is 0 Å². The van der Waals surface area contributed by atoms with Crippen molar-refractivity contribution in [3.8, 4) is 5.82 Å². The van der Waals surface area contributed by atoms with Gasteiger partial charge in [-0.15, -0.1) is 0 Å². The maximum absolute atomic E-state index is 12.6. The quantitative estimate of drug-likeness (QED) is 0.664. The molecule has 0 spiro atoms. The Morgan fingerprint density at radius 2 is 1.58 bits per heavy atom. The van der Waals surface area contributed by atoms with Gasteiger partial charge in [0.2, 0.25) is 0 Å². The first-order chi connectivity index (χ1) is 12.7. The Bertz CT molecular complexity index is 887. The zero-order valence-corrected chi connectivity index (χ0v) is 15.7. The highest BCUT2D eigenvalue weighted by atomic mass is 79.9. The van der Waals surface area contributed by atoms with Crippen LogP contribution in [0.15, 0.2) is 65.7 Å². The van der Waals surface area contributed by atoms with Crippen molar-refractivity contribution in [2.75, 3.05) is 31.1 Å². The predicted molar refractivity (Wildman–Crippen MR) is 104 cm³/mol. The normalized spacial score (nSPS) is 14.5. The first-order valence-electron chi connectivity index (χ1n) is 8.46. The molecule has 3 aromatic rings. The van der Waals surface area contributed by atoms with Crippen LogP contribution in [0.5, 0.6) is 0 Å².